The molecule has 2 aliphatic heterocycles. The molecule has 1 aromatic heterocycles. The van der Waals surface area contributed by atoms with Crippen molar-refractivity contribution in [3.05, 3.63) is 48.0 Å². The summed E-state index contributed by atoms with van der Waals surface area (Å²) in [5, 5.41) is 2.88. The van der Waals surface area contributed by atoms with E-state index < -0.39 is 5.82 Å². The molecule has 1 aromatic carbocycles. The molecule has 2 aliphatic rings. The number of benzene rings is 1. The second-order valence-electron chi connectivity index (χ2n) is 7.68. The molecule has 2 aromatic rings. The first-order valence-electron chi connectivity index (χ1n) is 10.6. The number of nitrogens with zero attached hydrogens (tertiary/aromatic N) is 3. The van der Waals surface area contributed by atoms with Crippen molar-refractivity contribution in [2.45, 2.75) is 31.8 Å². The van der Waals surface area contributed by atoms with Crippen LogP contribution in [0.1, 0.15) is 31.2 Å². The molecule has 162 valence electrons. The predicted molar refractivity (Wildman–Crippen MR) is 116 cm³/mol. The van der Waals surface area contributed by atoms with Crippen molar-refractivity contribution >= 4 is 11.7 Å². The minimum Gasteiger partial charge on any atom is -0.453 e. The van der Waals surface area contributed by atoms with Crippen LogP contribution in [-0.4, -0.2) is 53.2 Å². The van der Waals surface area contributed by atoms with Gasteiger partial charge in [-0.05, 0) is 37.8 Å². The third-order valence-electron chi connectivity index (χ3n) is 5.55. The van der Waals surface area contributed by atoms with Crippen molar-refractivity contribution < 1.29 is 13.9 Å². The van der Waals surface area contributed by atoms with Gasteiger partial charge in [0.1, 0.15) is 5.75 Å². The second-order valence-corrected chi connectivity index (χ2v) is 7.68. The number of carbonyl (C=O) groups is 1. The van der Waals surface area contributed by atoms with E-state index in [1.54, 1.807) is 24.5 Å². The molecule has 0 aliphatic carbocycles. The van der Waals surface area contributed by atoms with Crippen LogP contribution in [0.3, 0.4) is 0 Å². The maximum Gasteiger partial charge on any atom is 0.319 e. The molecule has 1 unspecified atom stereocenters. The van der Waals surface area contributed by atoms with Gasteiger partial charge in [-0.25, -0.2) is 9.18 Å². The standard InChI is InChI=1S/C23H26FN5O2/c24-19-15-18(25)7-8-21(19)31-20-9-11-26-16-17(20)5-3-10-27-23(30)29-14-4-6-22(29)28-12-1-2-13-28/h7-9,11,15-16,22H,1-2,4,6,10,12-14,25H2,(H,27,30). The van der Waals surface area contributed by atoms with Gasteiger partial charge in [-0.3, -0.25) is 9.88 Å². The number of nitrogen functional groups attached to an aromatic ring is 1. The summed E-state index contributed by atoms with van der Waals surface area (Å²) in [6.07, 6.45) is 7.74. The zero-order valence-electron chi connectivity index (χ0n) is 17.3. The van der Waals surface area contributed by atoms with E-state index in [0.29, 0.717) is 17.0 Å². The molecule has 3 heterocycles. The van der Waals surface area contributed by atoms with Crippen LogP contribution in [0.15, 0.2) is 36.7 Å². The number of urea groups is 1. The summed E-state index contributed by atoms with van der Waals surface area (Å²) in [6, 6.07) is 5.76. The van der Waals surface area contributed by atoms with Crippen LogP contribution in [0.2, 0.25) is 0 Å². The lowest BCUT2D eigenvalue weighted by Gasteiger charge is -2.31. The van der Waals surface area contributed by atoms with E-state index >= 15 is 0 Å². The number of halogens is 1. The number of ether oxygens (including phenoxy) is 1. The van der Waals surface area contributed by atoms with Gasteiger partial charge in [0.25, 0.3) is 0 Å². The van der Waals surface area contributed by atoms with Crippen LogP contribution in [0.4, 0.5) is 14.9 Å². The molecule has 31 heavy (non-hydrogen) atoms. The van der Waals surface area contributed by atoms with Crippen molar-refractivity contribution in [3.8, 4) is 23.3 Å². The Labute approximate surface area is 181 Å². The summed E-state index contributed by atoms with van der Waals surface area (Å²) >= 11 is 0. The zero-order chi connectivity index (χ0) is 21.6. The highest BCUT2D eigenvalue weighted by Crippen LogP contribution is 2.28. The Morgan fingerprint density at radius 3 is 2.87 bits per heavy atom. The molecule has 0 radical (unpaired) electrons. The maximum absolute atomic E-state index is 14.0. The zero-order valence-corrected chi connectivity index (χ0v) is 17.3. The van der Waals surface area contributed by atoms with E-state index in [4.69, 9.17) is 10.5 Å². The number of amides is 2. The monoisotopic (exact) mass is 423 g/mol. The van der Waals surface area contributed by atoms with Crippen LogP contribution in [0.5, 0.6) is 11.5 Å². The Morgan fingerprint density at radius 2 is 2.06 bits per heavy atom. The van der Waals surface area contributed by atoms with Gasteiger partial charge in [-0.15, -0.1) is 0 Å². The summed E-state index contributed by atoms with van der Waals surface area (Å²) in [7, 11) is 0. The van der Waals surface area contributed by atoms with Crippen LogP contribution in [0, 0.1) is 17.7 Å². The number of pyridine rings is 1. The van der Waals surface area contributed by atoms with E-state index in [2.05, 4.69) is 27.0 Å². The summed E-state index contributed by atoms with van der Waals surface area (Å²) in [5.41, 5.74) is 6.40. The smallest absolute Gasteiger partial charge is 0.319 e. The first-order chi connectivity index (χ1) is 15.1. The van der Waals surface area contributed by atoms with Crippen LogP contribution in [0.25, 0.3) is 0 Å². The van der Waals surface area contributed by atoms with Crippen molar-refractivity contribution in [1.82, 2.24) is 20.1 Å². The molecular weight excluding hydrogens is 397 g/mol. The molecule has 2 amide bonds. The average molecular weight is 423 g/mol. The number of hydrogen-bond acceptors (Lipinski definition) is 5. The lowest BCUT2D eigenvalue weighted by Crippen LogP contribution is -2.49. The van der Waals surface area contributed by atoms with Gasteiger partial charge in [0.2, 0.25) is 0 Å². The number of aromatic nitrogens is 1. The molecule has 8 heteroatoms. The Hall–Kier alpha value is -3.31. The van der Waals surface area contributed by atoms with Gasteiger partial charge in [-0.2, -0.15) is 0 Å². The summed E-state index contributed by atoms with van der Waals surface area (Å²) in [4.78, 5) is 21.0. The fourth-order valence-corrected chi connectivity index (χ4v) is 4.05. The van der Waals surface area contributed by atoms with Crippen molar-refractivity contribution in [1.29, 1.82) is 0 Å². The molecule has 1 atom stereocenters. The quantitative estimate of drug-likeness (QED) is 0.583. The minimum absolute atomic E-state index is 0.0544. The molecule has 2 fully saturated rings. The number of nitrogens with one attached hydrogen (secondary N) is 1. The topological polar surface area (TPSA) is 83.7 Å². The van der Waals surface area contributed by atoms with Gasteiger partial charge in [0.15, 0.2) is 11.6 Å². The Morgan fingerprint density at radius 1 is 1.23 bits per heavy atom. The fourth-order valence-electron chi connectivity index (χ4n) is 4.05. The summed E-state index contributed by atoms with van der Waals surface area (Å²) < 4.78 is 19.7. The number of nitrogens with two attached hydrogens (primary N) is 1. The Balaban J connectivity index is 1.36. The van der Waals surface area contributed by atoms with E-state index in [1.165, 1.54) is 25.0 Å². The average Bonchev–Trinajstić information content (AvgIpc) is 3.45. The van der Waals surface area contributed by atoms with Gasteiger partial charge in [-0.1, -0.05) is 11.8 Å². The summed E-state index contributed by atoms with van der Waals surface area (Å²) in [6.45, 7) is 3.10. The van der Waals surface area contributed by atoms with E-state index in [9.17, 15) is 9.18 Å². The minimum atomic E-state index is -0.554. The van der Waals surface area contributed by atoms with E-state index in [0.717, 1.165) is 32.5 Å². The molecule has 3 N–H and O–H groups in total. The van der Waals surface area contributed by atoms with Crippen molar-refractivity contribution in [2.24, 2.45) is 0 Å². The van der Waals surface area contributed by atoms with Crippen LogP contribution in [-0.2, 0) is 0 Å². The predicted octanol–water partition coefficient (Wildman–Crippen LogP) is 3.17. The van der Waals surface area contributed by atoms with Crippen molar-refractivity contribution in [3.63, 3.8) is 0 Å². The van der Waals surface area contributed by atoms with Gasteiger partial charge in [0, 0.05) is 49.8 Å². The molecular formula is C23H26FN5O2. The number of hydrogen-bond donors (Lipinski definition) is 2. The van der Waals surface area contributed by atoms with Crippen LogP contribution < -0.4 is 15.8 Å². The first-order valence-corrected chi connectivity index (χ1v) is 10.6. The van der Waals surface area contributed by atoms with Gasteiger partial charge < -0.3 is 20.7 Å². The normalized spacial score (nSPS) is 18.5. The number of rotatable bonds is 4. The molecule has 0 bridgehead atoms. The SMILES string of the molecule is Nc1ccc(Oc2ccncc2C#CCNC(=O)N2CCCC2N2CCCC2)c(F)c1. The molecule has 7 nitrogen and oxygen atoms in total. The number of carbonyl (C=O) groups excluding carboxylic acids is 1. The highest BCUT2D eigenvalue weighted by atomic mass is 19.1. The lowest BCUT2D eigenvalue weighted by molar-refractivity contribution is 0.113. The largest absolute Gasteiger partial charge is 0.453 e. The van der Waals surface area contributed by atoms with Gasteiger partial charge in [0.05, 0.1) is 18.3 Å². The highest BCUT2D eigenvalue weighted by molar-refractivity contribution is 5.75. The number of likely N-dealkylation sites (tertiary alicyclic amines) is 2. The molecule has 0 spiro atoms. The van der Waals surface area contributed by atoms with Crippen molar-refractivity contribution in [2.75, 3.05) is 31.9 Å². The van der Waals surface area contributed by atoms with E-state index in [1.807, 2.05) is 4.90 Å². The Kier molecular flexibility index (Phi) is 6.53. The molecule has 2 saturated heterocycles. The fraction of sp³-hybridized carbons (Fsp3) is 0.391. The molecule has 0 saturated carbocycles. The molecule has 4 rings (SSSR count). The second kappa shape index (κ2) is 9.67. The lowest BCUT2D eigenvalue weighted by atomic mass is 10.2. The van der Waals surface area contributed by atoms with E-state index in [-0.39, 0.29) is 24.5 Å². The third kappa shape index (κ3) is 5.06. The highest BCUT2D eigenvalue weighted by Gasteiger charge is 2.34. The first kappa shape index (κ1) is 20.9. The number of anilines is 1. The van der Waals surface area contributed by atoms with Gasteiger partial charge >= 0.3 is 6.03 Å². The van der Waals surface area contributed by atoms with Crippen LogP contribution >= 0.6 is 0 Å². The Bertz CT molecular complexity index is 997. The maximum atomic E-state index is 14.0. The third-order valence-corrected chi connectivity index (χ3v) is 5.55. The summed E-state index contributed by atoms with van der Waals surface area (Å²) in [5.74, 6) is 5.76.